The van der Waals surface area contributed by atoms with Crippen molar-refractivity contribution in [1.29, 1.82) is 0 Å². The van der Waals surface area contributed by atoms with Gasteiger partial charge in [-0.15, -0.1) is 0 Å². The van der Waals surface area contributed by atoms with Crippen LogP contribution in [-0.2, 0) is 9.53 Å². The van der Waals surface area contributed by atoms with Crippen molar-refractivity contribution >= 4 is 39.4 Å². The van der Waals surface area contributed by atoms with Crippen LogP contribution < -0.4 is 14.8 Å². The maximum atomic E-state index is 12.3. The van der Waals surface area contributed by atoms with Gasteiger partial charge in [-0.1, -0.05) is 0 Å². The summed E-state index contributed by atoms with van der Waals surface area (Å²) in [6.45, 7) is -0.474. The maximum absolute atomic E-state index is 12.3. The average Bonchev–Trinajstić information content (AvgIpc) is 2.72. The molecule has 0 bridgehead atoms. The minimum atomic E-state index is -0.698. The lowest BCUT2D eigenvalue weighted by Gasteiger charge is -2.12. The highest BCUT2D eigenvalue weighted by atomic mass is 79.9. The number of carbonyl (C=O) groups is 3. The van der Waals surface area contributed by atoms with Crippen LogP contribution in [0.4, 0.5) is 5.69 Å². The quantitative estimate of drug-likeness (QED) is 0.632. The van der Waals surface area contributed by atoms with Gasteiger partial charge in [0, 0.05) is 25.3 Å². The van der Waals surface area contributed by atoms with E-state index in [0.29, 0.717) is 27.2 Å². The van der Waals surface area contributed by atoms with E-state index >= 15 is 0 Å². The van der Waals surface area contributed by atoms with E-state index in [2.05, 4.69) is 21.2 Å². The number of amides is 2. The number of carbonyl (C=O) groups excluding carboxylic acids is 3. The number of nitrogens with zero attached hydrogens (tertiary/aromatic N) is 1. The Balaban J connectivity index is 1.97. The van der Waals surface area contributed by atoms with Gasteiger partial charge in [-0.2, -0.15) is 0 Å². The lowest BCUT2D eigenvalue weighted by Crippen LogP contribution is -2.22. The second kappa shape index (κ2) is 9.92. The number of ether oxygens (including phenoxy) is 3. The van der Waals surface area contributed by atoms with Crippen LogP contribution in [0, 0.1) is 0 Å². The first-order valence-corrected chi connectivity index (χ1v) is 9.26. The molecule has 0 aromatic heterocycles. The van der Waals surface area contributed by atoms with Crippen molar-refractivity contribution in [2.24, 2.45) is 0 Å². The van der Waals surface area contributed by atoms with Crippen molar-refractivity contribution < 1.29 is 28.6 Å². The largest absolute Gasteiger partial charge is 0.495 e. The molecule has 9 heteroatoms. The average molecular weight is 465 g/mol. The number of benzene rings is 2. The standard InChI is InChI=1S/C20H21BrN2O6/c1-23(2)19(25)12-5-7-14(8-6-12)22-17(24)11-29-20(26)13-9-15(27-3)18(21)16(10-13)28-4/h5-10H,11H2,1-4H3,(H,22,24). The van der Waals surface area contributed by atoms with Crippen molar-refractivity contribution in [3.63, 3.8) is 0 Å². The summed E-state index contributed by atoms with van der Waals surface area (Å²) in [5, 5.41) is 2.60. The maximum Gasteiger partial charge on any atom is 0.338 e. The molecule has 0 aliphatic rings. The van der Waals surface area contributed by atoms with Gasteiger partial charge in [0.1, 0.15) is 16.0 Å². The normalized spacial score (nSPS) is 10.1. The molecule has 2 rings (SSSR count). The molecule has 0 heterocycles. The molecule has 0 saturated carbocycles. The fraction of sp³-hybridized carbons (Fsp3) is 0.250. The van der Waals surface area contributed by atoms with Crippen LogP contribution in [0.15, 0.2) is 40.9 Å². The molecule has 154 valence electrons. The van der Waals surface area contributed by atoms with Crippen LogP contribution in [0.1, 0.15) is 20.7 Å². The van der Waals surface area contributed by atoms with Crippen LogP contribution >= 0.6 is 15.9 Å². The molecule has 2 aromatic rings. The van der Waals surface area contributed by atoms with E-state index < -0.39 is 18.5 Å². The molecule has 0 atom stereocenters. The number of esters is 1. The molecule has 0 fully saturated rings. The molecule has 1 N–H and O–H groups in total. The van der Waals surface area contributed by atoms with Crippen molar-refractivity contribution in [2.75, 3.05) is 40.2 Å². The number of methoxy groups -OCH3 is 2. The summed E-state index contributed by atoms with van der Waals surface area (Å²) in [6, 6.07) is 9.36. The number of nitrogens with one attached hydrogen (secondary N) is 1. The molecule has 0 aliphatic heterocycles. The van der Waals surface area contributed by atoms with Crippen molar-refractivity contribution in [1.82, 2.24) is 4.90 Å². The van der Waals surface area contributed by atoms with E-state index in [1.165, 1.54) is 31.3 Å². The lowest BCUT2D eigenvalue weighted by atomic mass is 10.2. The summed E-state index contributed by atoms with van der Waals surface area (Å²) < 4.78 is 16.0. The SMILES string of the molecule is COc1cc(C(=O)OCC(=O)Nc2ccc(C(=O)N(C)C)cc2)cc(OC)c1Br. The molecular weight excluding hydrogens is 444 g/mol. The molecule has 0 aliphatic carbocycles. The summed E-state index contributed by atoms with van der Waals surface area (Å²) >= 11 is 3.32. The Morgan fingerprint density at radius 3 is 2.00 bits per heavy atom. The Hall–Kier alpha value is -3.07. The van der Waals surface area contributed by atoms with Gasteiger partial charge in [0.15, 0.2) is 6.61 Å². The lowest BCUT2D eigenvalue weighted by molar-refractivity contribution is -0.119. The summed E-state index contributed by atoms with van der Waals surface area (Å²) in [4.78, 5) is 37.6. The number of hydrogen-bond acceptors (Lipinski definition) is 6. The van der Waals surface area contributed by atoms with Gasteiger partial charge in [-0.3, -0.25) is 9.59 Å². The van der Waals surface area contributed by atoms with Crippen molar-refractivity contribution in [3.05, 3.63) is 52.0 Å². The zero-order valence-corrected chi connectivity index (χ0v) is 18.0. The van der Waals surface area contributed by atoms with Gasteiger partial charge in [-0.25, -0.2) is 4.79 Å². The molecule has 2 amide bonds. The van der Waals surface area contributed by atoms with Gasteiger partial charge in [0.25, 0.3) is 11.8 Å². The van der Waals surface area contributed by atoms with Gasteiger partial charge in [0.05, 0.1) is 19.8 Å². The minimum absolute atomic E-state index is 0.142. The van der Waals surface area contributed by atoms with Gasteiger partial charge in [-0.05, 0) is 52.3 Å². The summed E-state index contributed by atoms with van der Waals surface area (Å²) in [6.07, 6.45) is 0. The molecule has 0 radical (unpaired) electrons. The highest BCUT2D eigenvalue weighted by molar-refractivity contribution is 9.10. The van der Waals surface area contributed by atoms with Gasteiger partial charge >= 0.3 is 5.97 Å². The third-order valence-electron chi connectivity index (χ3n) is 3.84. The summed E-state index contributed by atoms with van der Waals surface area (Å²) in [7, 11) is 6.23. The van der Waals surface area contributed by atoms with E-state index in [9.17, 15) is 14.4 Å². The predicted octanol–water partition coefficient (Wildman–Crippen LogP) is 2.96. The van der Waals surface area contributed by atoms with E-state index in [1.807, 2.05) is 0 Å². The Labute approximate surface area is 176 Å². The van der Waals surface area contributed by atoms with E-state index in [1.54, 1.807) is 38.4 Å². The fourth-order valence-corrected chi connectivity index (χ4v) is 2.91. The summed E-state index contributed by atoms with van der Waals surface area (Å²) in [5.41, 5.74) is 1.16. The molecule has 8 nitrogen and oxygen atoms in total. The zero-order chi connectivity index (χ0) is 21.6. The first-order valence-electron chi connectivity index (χ1n) is 8.47. The minimum Gasteiger partial charge on any atom is -0.495 e. The Morgan fingerprint density at radius 2 is 1.52 bits per heavy atom. The number of anilines is 1. The first-order chi connectivity index (χ1) is 13.8. The molecule has 0 unspecified atom stereocenters. The molecular formula is C20H21BrN2O6. The van der Waals surface area contributed by atoms with Crippen LogP contribution in [-0.4, -0.2) is 57.6 Å². The first kappa shape index (κ1) is 22.2. The van der Waals surface area contributed by atoms with Crippen molar-refractivity contribution in [2.45, 2.75) is 0 Å². The van der Waals surface area contributed by atoms with E-state index in [0.717, 1.165) is 0 Å². The second-order valence-corrected chi connectivity index (χ2v) is 6.89. The van der Waals surface area contributed by atoms with Crippen LogP contribution in [0.25, 0.3) is 0 Å². The molecule has 0 spiro atoms. The van der Waals surface area contributed by atoms with Gasteiger partial charge < -0.3 is 24.4 Å². The summed E-state index contributed by atoms with van der Waals surface area (Å²) in [5.74, 6) is -0.560. The highest BCUT2D eigenvalue weighted by Gasteiger charge is 2.17. The topological polar surface area (TPSA) is 94.2 Å². The van der Waals surface area contributed by atoms with Crippen molar-refractivity contribution in [3.8, 4) is 11.5 Å². The fourth-order valence-electron chi connectivity index (χ4n) is 2.35. The number of rotatable bonds is 7. The Bertz CT molecular complexity index is 887. The monoisotopic (exact) mass is 464 g/mol. The van der Waals surface area contributed by atoms with E-state index in [-0.39, 0.29) is 11.5 Å². The van der Waals surface area contributed by atoms with E-state index in [4.69, 9.17) is 14.2 Å². The van der Waals surface area contributed by atoms with Crippen LogP contribution in [0.3, 0.4) is 0 Å². The predicted molar refractivity (Wildman–Crippen MR) is 111 cm³/mol. The Kier molecular flexibility index (Phi) is 7.60. The second-order valence-electron chi connectivity index (χ2n) is 6.10. The number of hydrogen-bond donors (Lipinski definition) is 1. The molecule has 29 heavy (non-hydrogen) atoms. The van der Waals surface area contributed by atoms with Gasteiger partial charge in [0.2, 0.25) is 0 Å². The zero-order valence-electron chi connectivity index (χ0n) is 16.4. The Morgan fingerprint density at radius 1 is 0.966 bits per heavy atom. The van der Waals surface area contributed by atoms with Crippen LogP contribution in [0.5, 0.6) is 11.5 Å². The van der Waals surface area contributed by atoms with Crippen LogP contribution in [0.2, 0.25) is 0 Å². The molecule has 0 saturated heterocycles. The third-order valence-corrected chi connectivity index (χ3v) is 4.62. The molecule has 2 aromatic carbocycles. The highest BCUT2D eigenvalue weighted by Crippen LogP contribution is 2.35. The smallest absolute Gasteiger partial charge is 0.338 e. The number of halogens is 1. The third kappa shape index (κ3) is 5.71.